The molecule has 0 spiro atoms. The van der Waals surface area contributed by atoms with Crippen molar-refractivity contribution in [3.63, 3.8) is 0 Å². The van der Waals surface area contributed by atoms with Crippen LogP contribution in [0.3, 0.4) is 0 Å². The minimum Gasteiger partial charge on any atom is -0.497 e. The van der Waals surface area contributed by atoms with Gasteiger partial charge in [0.15, 0.2) is 0 Å². The van der Waals surface area contributed by atoms with Gasteiger partial charge in [0.05, 0.1) is 31.1 Å². The zero-order valence-electron chi connectivity index (χ0n) is 11.2. The van der Waals surface area contributed by atoms with Gasteiger partial charge >= 0.3 is 0 Å². The Labute approximate surface area is 120 Å². The third-order valence-corrected chi connectivity index (χ3v) is 3.28. The molecule has 0 radical (unpaired) electrons. The van der Waals surface area contributed by atoms with Gasteiger partial charge in [0.1, 0.15) is 11.6 Å². The number of aromatic nitrogens is 1. The maximum Gasteiger partial charge on any atom is 0.299 e. The number of benzene rings is 1. The number of fused-ring (bicyclic) bond motifs is 1. The molecule has 1 aromatic carbocycles. The Balaban J connectivity index is 1.98. The van der Waals surface area contributed by atoms with Crippen LogP contribution in [0, 0.1) is 5.82 Å². The monoisotopic (exact) mass is 286 g/mol. The van der Waals surface area contributed by atoms with Crippen LogP contribution in [0.1, 0.15) is 15.9 Å². The molecule has 0 saturated heterocycles. The Kier molecular flexibility index (Phi) is 3.13. The number of hydrogen-bond donors (Lipinski definition) is 0. The summed E-state index contributed by atoms with van der Waals surface area (Å²) in [6, 6.07) is 6.12. The summed E-state index contributed by atoms with van der Waals surface area (Å²) in [5, 5.41) is 0. The molecule has 2 heterocycles. The largest absolute Gasteiger partial charge is 0.497 e. The number of pyridine rings is 1. The number of amides is 1. The van der Waals surface area contributed by atoms with Gasteiger partial charge in [-0.05, 0) is 29.8 Å². The van der Waals surface area contributed by atoms with Crippen molar-refractivity contribution in [2.24, 2.45) is 0 Å². The fraction of sp³-hybridized carbons (Fsp3) is 0.133. The lowest BCUT2D eigenvalue weighted by atomic mass is 10.1. The SMILES string of the molecule is COc1ccc2c(c1)C(=O)C(=O)N2Cc1cncc(F)c1. The van der Waals surface area contributed by atoms with E-state index < -0.39 is 17.5 Å². The van der Waals surface area contributed by atoms with Crippen molar-refractivity contribution in [1.82, 2.24) is 4.98 Å². The number of carbonyl (C=O) groups is 2. The number of halogens is 1. The molecule has 6 heteroatoms. The molecular weight excluding hydrogens is 275 g/mol. The summed E-state index contributed by atoms with van der Waals surface area (Å²) < 4.78 is 18.2. The Hall–Kier alpha value is -2.76. The molecule has 0 aliphatic carbocycles. The number of anilines is 1. The van der Waals surface area contributed by atoms with E-state index in [9.17, 15) is 14.0 Å². The van der Waals surface area contributed by atoms with Crippen LogP contribution in [0.4, 0.5) is 10.1 Å². The average molecular weight is 286 g/mol. The molecule has 0 fully saturated rings. The Bertz CT molecular complexity index is 745. The number of ketones is 1. The van der Waals surface area contributed by atoms with Crippen LogP contribution in [0.25, 0.3) is 0 Å². The molecule has 2 aromatic rings. The number of ether oxygens (including phenoxy) is 1. The fourth-order valence-electron chi connectivity index (χ4n) is 2.29. The van der Waals surface area contributed by atoms with Crippen molar-refractivity contribution in [2.75, 3.05) is 12.0 Å². The maximum atomic E-state index is 13.2. The molecule has 5 nitrogen and oxygen atoms in total. The minimum atomic E-state index is -0.637. The first-order valence-electron chi connectivity index (χ1n) is 6.24. The third-order valence-electron chi connectivity index (χ3n) is 3.28. The van der Waals surface area contributed by atoms with Crippen molar-refractivity contribution in [2.45, 2.75) is 6.54 Å². The minimum absolute atomic E-state index is 0.0919. The summed E-state index contributed by atoms with van der Waals surface area (Å²) in [7, 11) is 1.49. The van der Waals surface area contributed by atoms with E-state index >= 15 is 0 Å². The lowest BCUT2D eigenvalue weighted by molar-refractivity contribution is -0.114. The first-order valence-corrected chi connectivity index (χ1v) is 6.24. The van der Waals surface area contributed by atoms with E-state index in [-0.39, 0.29) is 6.54 Å². The molecule has 1 aliphatic heterocycles. The summed E-state index contributed by atoms with van der Waals surface area (Å²) in [5.41, 5.74) is 1.30. The van der Waals surface area contributed by atoms with Crippen LogP contribution in [0.2, 0.25) is 0 Å². The summed E-state index contributed by atoms with van der Waals surface area (Å²) in [4.78, 5) is 29.1. The van der Waals surface area contributed by atoms with E-state index in [4.69, 9.17) is 4.74 Å². The highest BCUT2D eigenvalue weighted by Crippen LogP contribution is 2.33. The van der Waals surface area contributed by atoms with E-state index in [0.717, 1.165) is 6.20 Å². The second kappa shape index (κ2) is 4.97. The summed E-state index contributed by atoms with van der Waals surface area (Å²) >= 11 is 0. The van der Waals surface area contributed by atoms with Crippen LogP contribution in [0.5, 0.6) is 5.75 Å². The summed E-state index contributed by atoms with van der Waals surface area (Å²) in [6.45, 7) is 0.0919. The number of rotatable bonds is 3. The number of methoxy groups -OCH3 is 1. The van der Waals surface area contributed by atoms with Crippen LogP contribution in [0.15, 0.2) is 36.7 Å². The zero-order chi connectivity index (χ0) is 15.0. The van der Waals surface area contributed by atoms with Crippen LogP contribution >= 0.6 is 0 Å². The molecule has 1 aliphatic rings. The van der Waals surface area contributed by atoms with Gasteiger partial charge in [-0.3, -0.25) is 14.6 Å². The topological polar surface area (TPSA) is 59.5 Å². The lowest BCUT2D eigenvalue weighted by Crippen LogP contribution is -2.29. The number of hydrogen-bond acceptors (Lipinski definition) is 4. The van der Waals surface area contributed by atoms with Crippen molar-refractivity contribution in [1.29, 1.82) is 0 Å². The van der Waals surface area contributed by atoms with Gasteiger partial charge in [-0.2, -0.15) is 0 Å². The van der Waals surface area contributed by atoms with Gasteiger partial charge < -0.3 is 9.64 Å². The van der Waals surface area contributed by atoms with Crippen molar-refractivity contribution >= 4 is 17.4 Å². The van der Waals surface area contributed by atoms with E-state index in [1.165, 1.54) is 30.3 Å². The highest BCUT2D eigenvalue weighted by atomic mass is 19.1. The van der Waals surface area contributed by atoms with Crippen LogP contribution in [-0.2, 0) is 11.3 Å². The smallest absolute Gasteiger partial charge is 0.299 e. The normalized spacial score (nSPS) is 13.5. The molecule has 106 valence electrons. The van der Waals surface area contributed by atoms with Crippen molar-refractivity contribution in [3.8, 4) is 5.75 Å². The fourth-order valence-corrected chi connectivity index (χ4v) is 2.29. The first kappa shape index (κ1) is 13.2. The van der Waals surface area contributed by atoms with E-state index in [1.807, 2.05) is 0 Å². The number of Topliss-reactive ketones (excluding diaryl/α,β-unsaturated/α-hetero) is 1. The lowest BCUT2D eigenvalue weighted by Gasteiger charge is -2.16. The Morgan fingerprint density at radius 1 is 1.24 bits per heavy atom. The van der Waals surface area contributed by atoms with Gasteiger partial charge in [-0.25, -0.2) is 4.39 Å². The zero-order valence-corrected chi connectivity index (χ0v) is 11.2. The quantitative estimate of drug-likeness (QED) is 0.809. The second-order valence-electron chi connectivity index (χ2n) is 4.61. The number of carbonyl (C=O) groups excluding carboxylic acids is 2. The number of nitrogens with zero attached hydrogens (tertiary/aromatic N) is 2. The predicted octanol–water partition coefficient (Wildman–Crippen LogP) is 1.96. The summed E-state index contributed by atoms with van der Waals surface area (Å²) in [5.74, 6) is -1.21. The van der Waals surface area contributed by atoms with Gasteiger partial charge in [-0.15, -0.1) is 0 Å². The standard InChI is InChI=1S/C15H11FN2O3/c1-21-11-2-3-13-12(5-11)14(19)15(20)18(13)8-9-4-10(16)7-17-6-9/h2-7H,8H2,1H3. The van der Waals surface area contributed by atoms with Crippen LogP contribution < -0.4 is 9.64 Å². The van der Waals surface area contributed by atoms with Crippen molar-refractivity contribution < 1.29 is 18.7 Å². The first-order chi connectivity index (χ1) is 10.1. The highest BCUT2D eigenvalue weighted by Gasteiger charge is 2.36. The van der Waals surface area contributed by atoms with E-state index in [2.05, 4.69) is 4.98 Å². The van der Waals surface area contributed by atoms with Gasteiger partial charge in [0.2, 0.25) is 0 Å². The molecule has 21 heavy (non-hydrogen) atoms. The molecule has 0 saturated carbocycles. The molecule has 0 N–H and O–H groups in total. The second-order valence-corrected chi connectivity index (χ2v) is 4.61. The van der Waals surface area contributed by atoms with Gasteiger partial charge in [-0.1, -0.05) is 0 Å². The van der Waals surface area contributed by atoms with Crippen LogP contribution in [-0.4, -0.2) is 23.8 Å². The van der Waals surface area contributed by atoms with Crippen molar-refractivity contribution in [3.05, 3.63) is 53.6 Å². The van der Waals surface area contributed by atoms with E-state index in [1.54, 1.807) is 12.1 Å². The Morgan fingerprint density at radius 3 is 2.76 bits per heavy atom. The van der Waals surface area contributed by atoms with Gasteiger partial charge in [0, 0.05) is 6.20 Å². The Morgan fingerprint density at radius 2 is 2.05 bits per heavy atom. The third kappa shape index (κ3) is 2.24. The molecule has 1 amide bonds. The molecule has 0 bridgehead atoms. The molecule has 1 aromatic heterocycles. The molecule has 3 rings (SSSR count). The maximum absolute atomic E-state index is 13.2. The predicted molar refractivity (Wildman–Crippen MR) is 72.7 cm³/mol. The van der Waals surface area contributed by atoms with E-state index in [0.29, 0.717) is 22.6 Å². The highest BCUT2D eigenvalue weighted by molar-refractivity contribution is 6.52. The molecule has 0 unspecified atom stereocenters. The molecule has 0 atom stereocenters. The van der Waals surface area contributed by atoms with Gasteiger partial charge in [0.25, 0.3) is 11.7 Å². The molecular formula is C15H11FN2O3. The average Bonchev–Trinajstić information content (AvgIpc) is 2.72. The summed E-state index contributed by atoms with van der Waals surface area (Å²) in [6.07, 6.45) is 2.54.